The van der Waals surface area contributed by atoms with Crippen molar-refractivity contribution in [3.63, 3.8) is 0 Å². The van der Waals surface area contributed by atoms with Crippen molar-refractivity contribution in [1.82, 2.24) is 0 Å². The molecule has 0 aliphatic rings. The van der Waals surface area contributed by atoms with Gasteiger partial charge in [-0.2, -0.15) is 0 Å². The number of sulfonamides is 1. The van der Waals surface area contributed by atoms with Crippen LogP contribution in [0.2, 0.25) is 5.02 Å². The number of anilines is 2. The van der Waals surface area contributed by atoms with Crippen molar-refractivity contribution in [3.8, 4) is 0 Å². The predicted molar refractivity (Wildman–Crippen MR) is 103 cm³/mol. The Labute approximate surface area is 156 Å². The maximum absolute atomic E-state index is 12.4. The third-order valence-corrected chi connectivity index (χ3v) is 5.25. The van der Waals surface area contributed by atoms with Crippen molar-refractivity contribution in [1.29, 1.82) is 0 Å². The molecule has 0 fully saturated rings. The number of para-hydroxylation sites is 1. The summed E-state index contributed by atoms with van der Waals surface area (Å²) in [6, 6.07) is 21.3. The molecule has 0 aliphatic heterocycles. The van der Waals surface area contributed by atoms with Gasteiger partial charge in [-0.15, -0.1) is 0 Å². The molecule has 132 valence electrons. The highest BCUT2D eigenvalue weighted by molar-refractivity contribution is 7.92. The Balaban J connectivity index is 1.78. The van der Waals surface area contributed by atoms with Gasteiger partial charge in [-0.1, -0.05) is 48.0 Å². The van der Waals surface area contributed by atoms with Gasteiger partial charge in [0.25, 0.3) is 15.9 Å². The molecule has 0 unspecified atom stereocenters. The average molecular weight is 387 g/mol. The number of amides is 1. The van der Waals surface area contributed by atoms with Gasteiger partial charge in [-0.05, 0) is 42.5 Å². The third-order valence-electron chi connectivity index (χ3n) is 3.56. The molecule has 0 saturated carbocycles. The number of hydrogen-bond donors (Lipinski definition) is 2. The van der Waals surface area contributed by atoms with Crippen molar-refractivity contribution in [3.05, 3.63) is 89.4 Å². The molecule has 0 bridgehead atoms. The molecule has 3 aromatic rings. The minimum Gasteiger partial charge on any atom is -0.322 e. The fourth-order valence-electron chi connectivity index (χ4n) is 2.27. The van der Waals surface area contributed by atoms with Gasteiger partial charge in [-0.3, -0.25) is 9.52 Å². The van der Waals surface area contributed by atoms with Crippen molar-refractivity contribution in [2.75, 3.05) is 10.0 Å². The van der Waals surface area contributed by atoms with Crippen LogP contribution in [0.5, 0.6) is 0 Å². The molecule has 3 aromatic carbocycles. The zero-order valence-corrected chi connectivity index (χ0v) is 15.1. The number of benzene rings is 3. The quantitative estimate of drug-likeness (QED) is 0.682. The summed E-state index contributed by atoms with van der Waals surface area (Å²) in [7, 11) is -3.75. The first-order valence-corrected chi connectivity index (χ1v) is 9.56. The van der Waals surface area contributed by atoms with E-state index in [0.29, 0.717) is 11.3 Å². The number of hydrogen-bond acceptors (Lipinski definition) is 3. The van der Waals surface area contributed by atoms with Gasteiger partial charge in [0.1, 0.15) is 0 Å². The summed E-state index contributed by atoms with van der Waals surface area (Å²) in [5.41, 5.74) is 1.18. The van der Waals surface area contributed by atoms with E-state index in [9.17, 15) is 13.2 Å². The Morgan fingerprint density at radius 2 is 1.46 bits per heavy atom. The molecule has 0 aliphatic carbocycles. The second-order valence-corrected chi connectivity index (χ2v) is 7.52. The Morgan fingerprint density at radius 3 is 2.08 bits per heavy atom. The number of nitrogens with one attached hydrogen (secondary N) is 2. The lowest BCUT2D eigenvalue weighted by Gasteiger charge is -2.11. The smallest absolute Gasteiger partial charge is 0.261 e. The first kappa shape index (κ1) is 18.0. The first-order valence-electron chi connectivity index (χ1n) is 7.69. The van der Waals surface area contributed by atoms with Crippen molar-refractivity contribution >= 4 is 38.9 Å². The molecule has 3 rings (SSSR count). The average Bonchev–Trinajstić information content (AvgIpc) is 2.65. The van der Waals surface area contributed by atoms with Gasteiger partial charge in [-0.25, -0.2) is 8.42 Å². The van der Waals surface area contributed by atoms with E-state index >= 15 is 0 Å². The molecular weight excluding hydrogens is 372 g/mol. The zero-order valence-electron chi connectivity index (χ0n) is 13.5. The molecule has 0 atom stereocenters. The van der Waals surface area contributed by atoms with E-state index in [-0.39, 0.29) is 21.5 Å². The largest absolute Gasteiger partial charge is 0.322 e. The lowest BCUT2D eigenvalue weighted by atomic mass is 10.2. The van der Waals surface area contributed by atoms with Crippen LogP contribution in [0.25, 0.3) is 0 Å². The lowest BCUT2D eigenvalue weighted by molar-refractivity contribution is 0.102. The van der Waals surface area contributed by atoms with Crippen LogP contribution in [-0.2, 0) is 10.0 Å². The Kier molecular flexibility index (Phi) is 5.25. The standard InChI is InChI=1S/C19H15ClN2O3S/c20-17-13-14(19(23)21-15-7-3-1-4-8-15)11-12-18(17)22-26(24,25)16-9-5-2-6-10-16/h1-13,22H,(H,21,23). The number of rotatable bonds is 5. The minimum absolute atomic E-state index is 0.127. The van der Waals surface area contributed by atoms with Gasteiger partial charge in [0.05, 0.1) is 15.6 Å². The summed E-state index contributed by atoms with van der Waals surface area (Å²) >= 11 is 6.16. The maximum atomic E-state index is 12.4. The summed E-state index contributed by atoms with van der Waals surface area (Å²) in [6.45, 7) is 0. The van der Waals surface area contributed by atoms with Crippen molar-refractivity contribution in [2.45, 2.75) is 4.90 Å². The highest BCUT2D eigenvalue weighted by Crippen LogP contribution is 2.26. The molecule has 26 heavy (non-hydrogen) atoms. The Bertz CT molecular complexity index is 1020. The summed E-state index contributed by atoms with van der Waals surface area (Å²) < 4.78 is 27.2. The first-order chi connectivity index (χ1) is 12.5. The maximum Gasteiger partial charge on any atom is 0.261 e. The van der Waals surface area contributed by atoms with Gasteiger partial charge in [0.15, 0.2) is 0 Å². The Hall–Kier alpha value is -2.83. The highest BCUT2D eigenvalue weighted by atomic mass is 35.5. The van der Waals surface area contributed by atoms with Crippen LogP contribution < -0.4 is 10.0 Å². The van der Waals surface area contributed by atoms with E-state index in [1.54, 1.807) is 30.3 Å². The zero-order chi connectivity index (χ0) is 18.6. The van der Waals surface area contributed by atoms with E-state index in [1.807, 2.05) is 18.2 Å². The van der Waals surface area contributed by atoms with Crippen molar-refractivity contribution < 1.29 is 13.2 Å². The van der Waals surface area contributed by atoms with Crippen LogP contribution in [0, 0.1) is 0 Å². The molecule has 0 aromatic heterocycles. The normalized spacial score (nSPS) is 11.0. The van der Waals surface area contributed by atoms with E-state index in [1.165, 1.54) is 30.3 Å². The van der Waals surface area contributed by atoms with Crippen LogP contribution in [0.4, 0.5) is 11.4 Å². The second-order valence-electron chi connectivity index (χ2n) is 5.43. The molecule has 2 N–H and O–H groups in total. The molecule has 0 heterocycles. The van der Waals surface area contributed by atoms with Gasteiger partial charge in [0.2, 0.25) is 0 Å². The van der Waals surface area contributed by atoms with Crippen LogP contribution >= 0.6 is 11.6 Å². The van der Waals surface area contributed by atoms with Crippen LogP contribution in [-0.4, -0.2) is 14.3 Å². The molecule has 0 spiro atoms. The van der Waals surface area contributed by atoms with Crippen LogP contribution in [0.15, 0.2) is 83.8 Å². The summed E-state index contributed by atoms with van der Waals surface area (Å²) in [4.78, 5) is 12.4. The van der Waals surface area contributed by atoms with Crippen LogP contribution in [0.1, 0.15) is 10.4 Å². The Morgan fingerprint density at radius 1 is 0.846 bits per heavy atom. The summed E-state index contributed by atoms with van der Waals surface area (Å²) in [6.07, 6.45) is 0. The lowest BCUT2D eigenvalue weighted by Crippen LogP contribution is -2.14. The summed E-state index contributed by atoms with van der Waals surface area (Å²) in [5, 5.41) is 2.87. The van der Waals surface area contributed by atoms with E-state index in [4.69, 9.17) is 11.6 Å². The monoisotopic (exact) mass is 386 g/mol. The molecular formula is C19H15ClN2O3S. The van der Waals surface area contributed by atoms with E-state index in [2.05, 4.69) is 10.0 Å². The SMILES string of the molecule is O=C(Nc1ccccc1)c1ccc(NS(=O)(=O)c2ccccc2)c(Cl)c1. The van der Waals surface area contributed by atoms with E-state index < -0.39 is 10.0 Å². The molecule has 0 saturated heterocycles. The number of carbonyl (C=O) groups is 1. The van der Waals surface area contributed by atoms with E-state index in [0.717, 1.165) is 0 Å². The fourth-order valence-corrected chi connectivity index (χ4v) is 3.65. The molecule has 0 radical (unpaired) electrons. The fraction of sp³-hybridized carbons (Fsp3) is 0. The summed E-state index contributed by atoms with van der Waals surface area (Å²) in [5.74, 6) is -0.337. The molecule has 1 amide bonds. The van der Waals surface area contributed by atoms with Crippen LogP contribution in [0.3, 0.4) is 0 Å². The predicted octanol–water partition coefficient (Wildman–Crippen LogP) is 4.39. The topological polar surface area (TPSA) is 75.3 Å². The third kappa shape index (κ3) is 4.22. The van der Waals surface area contributed by atoms with Gasteiger partial charge in [0, 0.05) is 11.3 Å². The number of halogens is 1. The molecule has 5 nitrogen and oxygen atoms in total. The molecule has 7 heteroatoms. The van der Waals surface area contributed by atoms with Gasteiger partial charge < -0.3 is 5.32 Å². The minimum atomic E-state index is -3.75. The highest BCUT2D eigenvalue weighted by Gasteiger charge is 2.16. The van der Waals surface area contributed by atoms with Gasteiger partial charge >= 0.3 is 0 Å². The second kappa shape index (κ2) is 7.59. The van der Waals surface area contributed by atoms with Crippen molar-refractivity contribution in [2.24, 2.45) is 0 Å². The number of carbonyl (C=O) groups excluding carboxylic acids is 1.